The Hall–Kier alpha value is -3.42. The van der Waals surface area contributed by atoms with Gasteiger partial charge in [0.2, 0.25) is 11.8 Å². The molecule has 0 spiro atoms. The summed E-state index contributed by atoms with van der Waals surface area (Å²) in [6, 6.07) is 12.8. The summed E-state index contributed by atoms with van der Waals surface area (Å²) in [7, 11) is 0. The van der Waals surface area contributed by atoms with E-state index in [9.17, 15) is 18.8 Å². The lowest BCUT2D eigenvalue weighted by Gasteiger charge is -2.23. The predicted molar refractivity (Wildman–Crippen MR) is 114 cm³/mol. The zero-order chi connectivity index (χ0) is 22.8. The van der Waals surface area contributed by atoms with E-state index >= 15 is 0 Å². The van der Waals surface area contributed by atoms with Crippen LogP contribution >= 0.6 is 0 Å². The Kier molecular flexibility index (Phi) is 8.99. The number of ether oxygens (including phenoxy) is 1. The average Bonchev–Trinajstić information content (AvgIpc) is 2.73. The van der Waals surface area contributed by atoms with Crippen LogP contribution in [0, 0.1) is 11.7 Å². The van der Waals surface area contributed by atoms with Crippen LogP contribution in [0.3, 0.4) is 0 Å². The zero-order valence-electron chi connectivity index (χ0n) is 17.6. The summed E-state index contributed by atoms with van der Waals surface area (Å²) in [5.41, 5.74) is 6.83. The first-order chi connectivity index (χ1) is 14.7. The lowest BCUT2D eigenvalue weighted by atomic mass is 10.0. The number of hydrogen-bond acceptors (Lipinski definition) is 4. The number of nitrogens with two attached hydrogens (primary N) is 1. The van der Waals surface area contributed by atoms with Gasteiger partial charge in [0, 0.05) is 6.42 Å². The predicted octanol–water partition coefficient (Wildman–Crippen LogP) is 2.68. The van der Waals surface area contributed by atoms with Crippen LogP contribution in [-0.4, -0.2) is 30.0 Å². The topological polar surface area (TPSA) is 111 Å². The van der Waals surface area contributed by atoms with Crippen molar-refractivity contribution in [2.45, 2.75) is 45.4 Å². The van der Waals surface area contributed by atoms with Crippen molar-refractivity contribution in [2.24, 2.45) is 11.7 Å². The van der Waals surface area contributed by atoms with Gasteiger partial charge in [-0.15, -0.1) is 0 Å². The molecular formula is C23H28FN3O4. The Morgan fingerprint density at radius 2 is 1.58 bits per heavy atom. The Bertz CT molecular complexity index is 872. The Labute approximate surface area is 181 Å². The fraction of sp³-hybridized carbons (Fsp3) is 0.348. The van der Waals surface area contributed by atoms with E-state index in [1.54, 1.807) is 12.1 Å². The molecule has 0 bridgehead atoms. The second kappa shape index (κ2) is 11.7. The summed E-state index contributed by atoms with van der Waals surface area (Å²) >= 11 is 0. The number of hydrogen-bond donors (Lipinski definition) is 3. The van der Waals surface area contributed by atoms with Crippen LogP contribution in [0.15, 0.2) is 54.6 Å². The van der Waals surface area contributed by atoms with Crippen LogP contribution in [0.5, 0.6) is 0 Å². The summed E-state index contributed by atoms with van der Waals surface area (Å²) in [5, 5.41) is 5.13. The Morgan fingerprint density at radius 1 is 0.935 bits per heavy atom. The third-order valence-corrected chi connectivity index (χ3v) is 4.54. The molecule has 0 unspecified atom stereocenters. The van der Waals surface area contributed by atoms with Crippen molar-refractivity contribution in [3.8, 4) is 0 Å². The summed E-state index contributed by atoms with van der Waals surface area (Å²) in [6.45, 7) is 3.84. The third kappa shape index (κ3) is 8.46. The van der Waals surface area contributed by atoms with E-state index in [2.05, 4.69) is 10.6 Å². The first kappa shape index (κ1) is 23.9. The monoisotopic (exact) mass is 429 g/mol. The molecule has 166 valence electrons. The number of carbonyl (C=O) groups is 3. The molecule has 7 nitrogen and oxygen atoms in total. The maximum atomic E-state index is 13.2. The van der Waals surface area contributed by atoms with E-state index in [1.165, 1.54) is 24.3 Å². The van der Waals surface area contributed by atoms with Crippen molar-refractivity contribution in [2.75, 3.05) is 0 Å². The number of rotatable bonds is 10. The molecule has 0 radical (unpaired) electrons. The summed E-state index contributed by atoms with van der Waals surface area (Å²) in [6.07, 6.45) is -0.340. The number of benzene rings is 2. The molecule has 0 aliphatic heterocycles. The minimum Gasteiger partial charge on any atom is -0.445 e. The fourth-order valence-electron chi connectivity index (χ4n) is 2.96. The average molecular weight is 429 g/mol. The first-order valence-corrected chi connectivity index (χ1v) is 10.1. The molecule has 2 atom stereocenters. The molecular weight excluding hydrogens is 401 g/mol. The summed E-state index contributed by atoms with van der Waals surface area (Å²) < 4.78 is 18.4. The maximum absolute atomic E-state index is 13.2. The van der Waals surface area contributed by atoms with E-state index in [0.717, 1.165) is 5.56 Å². The fourth-order valence-corrected chi connectivity index (χ4v) is 2.96. The zero-order valence-corrected chi connectivity index (χ0v) is 17.6. The van der Waals surface area contributed by atoms with Crippen LogP contribution in [0.25, 0.3) is 0 Å². The maximum Gasteiger partial charge on any atom is 0.408 e. The van der Waals surface area contributed by atoms with Crippen LogP contribution in [0.4, 0.5) is 9.18 Å². The molecule has 0 saturated heterocycles. The Balaban J connectivity index is 2.08. The Morgan fingerprint density at radius 3 is 2.16 bits per heavy atom. The molecule has 8 heteroatoms. The second-order valence-corrected chi connectivity index (χ2v) is 7.68. The van der Waals surface area contributed by atoms with Crippen molar-refractivity contribution in [1.82, 2.24) is 10.6 Å². The smallest absolute Gasteiger partial charge is 0.408 e. The summed E-state index contributed by atoms with van der Waals surface area (Å²) in [4.78, 5) is 36.9. The highest BCUT2D eigenvalue weighted by Crippen LogP contribution is 2.09. The normalized spacial score (nSPS) is 12.6. The van der Waals surface area contributed by atoms with E-state index in [4.69, 9.17) is 10.5 Å². The highest BCUT2D eigenvalue weighted by atomic mass is 19.1. The van der Waals surface area contributed by atoms with Gasteiger partial charge in [-0.3, -0.25) is 9.59 Å². The molecule has 2 aromatic carbocycles. The molecule has 0 saturated carbocycles. The molecule has 3 amide bonds. The molecule has 2 rings (SSSR count). The molecule has 0 fully saturated rings. The van der Waals surface area contributed by atoms with Gasteiger partial charge in [0.15, 0.2) is 0 Å². The van der Waals surface area contributed by atoms with Gasteiger partial charge in [-0.05, 0) is 35.6 Å². The second-order valence-electron chi connectivity index (χ2n) is 7.68. The van der Waals surface area contributed by atoms with E-state index in [1.807, 2.05) is 32.0 Å². The van der Waals surface area contributed by atoms with Gasteiger partial charge in [-0.1, -0.05) is 56.3 Å². The van der Waals surface area contributed by atoms with E-state index in [0.29, 0.717) is 12.0 Å². The van der Waals surface area contributed by atoms with Gasteiger partial charge in [0.1, 0.15) is 24.5 Å². The number of alkyl carbamates (subject to hydrolysis) is 1. The molecule has 0 aliphatic carbocycles. The molecule has 4 N–H and O–H groups in total. The standard InChI is InChI=1S/C23H28FN3O4/c1-15(2)12-19(21(25)28)26-22(29)20(13-16-8-10-18(24)11-9-16)27-23(30)31-14-17-6-4-3-5-7-17/h3-11,15,19-20H,12-14H2,1-2H3,(H2,25,28)(H,26,29)(H,27,30)/t19-,20-/m0/s1. The number of primary amides is 1. The van der Waals surface area contributed by atoms with Crippen molar-refractivity contribution >= 4 is 17.9 Å². The van der Waals surface area contributed by atoms with Crippen LogP contribution < -0.4 is 16.4 Å². The third-order valence-electron chi connectivity index (χ3n) is 4.54. The van der Waals surface area contributed by atoms with Crippen LogP contribution in [-0.2, 0) is 27.4 Å². The molecule has 2 aromatic rings. The molecule has 0 heterocycles. The lowest BCUT2D eigenvalue weighted by molar-refractivity contribution is -0.128. The van der Waals surface area contributed by atoms with Gasteiger partial charge in [0.05, 0.1) is 0 Å². The molecule has 0 aromatic heterocycles. The van der Waals surface area contributed by atoms with Gasteiger partial charge < -0.3 is 21.1 Å². The van der Waals surface area contributed by atoms with Crippen LogP contribution in [0.2, 0.25) is 0 Å². The number of carbonyl (C=O) groups excluding carboxylic acids is 3. The van der Waals surface area contributed by atoms with Gasteiger partial charge >= 0.3 is 6.09 Å². The van der Waals surface area contributed by atoms with Gasteiger partial charge in [-0.25, -0.2) is 9.18 Å². The van der Waals surface area contributed by atoms with E-state index < -0.39 is 35.8 Å². The number of amides is 3. The number of halogens is 1. The van der Waals surface area contributed by atoms with Crippen molar-refractivity contribution in [3.63, 3.8) is 0 Å². The molecule has 31 heavy (non-hydrogen) atoms. The highest BCUT2D eigenvalue weighted by Gasteiger charge is 2.27. The van der Waals surface area contributed by atoms with Crippen molar-refractivity contribution in [3.05, 3.63) is 71.5 Å². The largest absolute Gasteiger partial charge is 0.445 e. The first-order valence-electron chi connectivity index (χ1n) is 10.1. The van der Waals surface area contributed by atoms with Crippen molar-refractivity contribution in [1.29, 1.82) is 0 Å². The highest BCUT2D eigenvalue weighted by molar-refractivity contribution is 5.90. The van der Waals surface area contributed by atoms with Gasteiger partial charge in [0.25, 0.3) is 0 Å². The molecule has 0 aliphatic rings. The SMILES string of the molecule is CC(C)C[C@H](NC(=O)[C@H](Cc1ccc(F)cc1)NC(=O)OCc1ccccc1)C(N)=O. The van der Waals surface area contributed by atoms with Gasteiger partial charge in [-0.2, -0.15) is 0 Å². The summed E-state index contributed by atoms with van der Waals surface area (Å²) in [5.74, 6) is -1.53. The lowest BCUT2D eigenvalue weighted by Crippen LogP contribution is -2.54. The number of nitrogens with one attached hydrogen (secondary N) is 2. The van der Waals surface area contributed by atoms with E-state index in [-0.39, 0.29) is 18.9 Å². The van der Waals surface area contributed by atoms with Crippen molar-refractivity contribution < 1.29 is 23.5 Å². The minimum absolute atomic E-state index is 0.0365. The quantitative estimate of drug-likeness (QED) is 0.539. The van der Waals surface area contributed by atoms with Crippen LogP contribution in [0.1, 0.15) is 31.4 Å². The minimum atomic E-state index is -1.04.